The lowest BCUT2D eigenvalue weighted by Crippen LogP contribution is -2.59. The summed E-state index contributed by atoms with van der Waals surface area (Å²) in [6.45, 7) is 1.65. The molecule has 0 unspecified atom stereocenters. The Labute approximate surface area is 237 Å². The van der Waals surface area contributed by atoms with Gasteiger partial charge < -0.3 is 25.8 Å². The van der Waals surface area contributed by atoms with Gasteiger partial charge in [0.2, 0.25) is 0 Å². The summed E-state index contributed by atoms with van der Waals surface area (Å²) in [6, 6.07) is 23.8. The summed E-state index contributed by atoms with van der Waals surface area (Å²) < 4.78 is 12.2. The van der Waals surface area contributed by atoms with Gasteiger partial charge in [0.25, 0.3) is 11.8 Å². The molecule has 10 nitrogen and oxygen atoms in total. The summed E-state index contributed by atoms with van der Waals surface area (Å²) in [6.07, 6.45) is 0.985. The molecule has 4 rings (SSSR count). The number of fused-ring (bicyclic) bond motifs is 1. The van der Waals surface area contributed by atoms with Crippen molar-refractivity contribution < 1.29 is 34.4 Å². The number of para-hydroxylation sites is 1. The molecule has 2 amide bonds. The van der Waals surface area contributed by atoms with Crippen LogP contribution in [0.15, 0.2) is 91.1 Å². The highest BCUT2D eigenvalue weighted by molar-refractivity contribution is 5.98. The summed E-state index contributed by atoms with van der Waals surface area (Å²) in [5.41, 5.74) is 6.48. The predicted molar refractivity (Wildman–Crippen MR) is 151 cm³/mol. The van der Waals surface area contributed by atoms with Crippen molar-refractivity contribution in [1.82, 2.24) is 15.2 Å². The van der Waals surface area contributed by atoms with E-state index in [4.69, 9.17) is 9.47 Å². The van der Waals surface area contributed by atoms with Gasteiger partial charge in [-0.05, 0) is 29.7 Å². The van der Waals surface area contributed by atoms with Crippen molar-refractivity contribution in [2.24, 2.45) is 0 Å². The number of ether oxygens (including phenoxy) is 2. The van der Waals surface area contributed by atoms with Gasteiger partial charge in [-0.25, -0.2) is 9.59 Å². The summed E-state index contributed by atoms with van der Waals surface area (Å²) in [7, 11) is 0. The van der Waals surface area contributed by atoms with Gasteiger partial charge in [0.15, 0.2) is 6.54 Å². The first-order valence-corrected chi connectivity index (χ1v) is 13.2. The molecule has 1 heterocycles. The molecule has 0 bridgehead atoms. The second kappa shape index (κ2) is 13.9. The standard InChI is InChI=1S/C31H32N4O6/c1-21(33-31(39)41-20-23-12-6-3-7-13-23)29(37)35-18-24(25-14-8-9-15-27(25)35)16-26(34-28(36)17-32)30(38)40-19-22-10-4-2-5-11-22/h2-15,18,21,26H,16-17,19-20,32H2,1H3,(H,33,39)(H,34,36)/p+1/t21-,26-/m0/s1. The van der Waals surface area contributed by atoms with Gasteiger partial charge in [-0.1, -0.05) is 78.9 Å². The molecule has 1 aromatic heterocycles. The number of hydrogen-bond acceptors (Lipinski definition) is 6. The Bertz CT molecular complexity index is 1500. The van der Waals surface area contributed by atoms with Crippen LogP contribution in [0.4, 0.5) is 4.79 Å². The predicted octanol–water partition coefficient (Wildman–Crippen LogP) is 2.61. The zero-order chi connectivity index (χ0) is 29.2. The van der Waals surface area contributed by atoms with E-state index < -0.39 is 36.0 Å². The molecule has 10 heteroatoms. The average Bonchev–Trinajstić information content (AvgIpc) is 3.37. The van der Waals surface area contributed by atoms with E-state index in [1.807, 2.05) is 72.8 Å². The number of aromatic nitrogens is 1. The molecule has 0 radical (unpaired) electrons. The molecule has 212 valence electrons. The third-order valence-electron chi connectivity index (χ3n) is 6.44. The number of rotatable bonds is 11. The van der Waals surface area contributed by atoms with E-state index in [2.05, 4.69) is 16.4 Å². The third-order valence-corrected chi connectivity index (χ3v) is 6.44. The maximum absolute atomic E-state index is 13.4. The van der Waals surface area contributed by atoms with E-state index in [0.717, 1.165) is 16.5 Å². The highest BCUT2D eigenvalue weighted by Crippen LogP contribution is 2.23. The molecule has 4 aromatic rings. The number of carbonyl (C=O) groups excluding carboxylic acids is 4. The van der Waals surface area contributed by atoms with Crippen molar-refractivity contribution in [3.8, 4) is 0 Å². The minimum absolute atomic E-state index is 0.0493. The van der Waals surface area contributed by atoms with E-state index in [-0.39, 0.29) is 26.2 Å². The van der Waals surface area contributed by atoms with Gasteiger partial charge in [0.1, 0.15) is 25.3 Å². The van der Waals surface area contributed by atoms with E-state index in [9.17, 15) is 19.2 Å². The van der Waals surface area contributed by atoms with Gasteiger partial charge in [0.05, 0.1) is 5.52 Å². The van der Waals surface area contributed by atoms with Crippen molar-refractivity contribution in [1.29, 1.82) is 0 Å². The first-order chi connectivity index (χ1) is 19.9. The molecule has 0 saturated heterocycles. The van der Waals surface area contributed by atoms with Crippen LogP contribution in [0.3, 0.4) is 0 Å². The molecule has 41 heavy (non-hydrogen) atoms. The lowest BCUT2D eigenvalue weighted by Gasteiger charge is -2.17. The van der Waals surface area contributed by atoms with E-state index in [0.29, 0.717) is 11.1 Å². The van der Waals surface area contributed by atoms with Crippen LogP contribution in [0.25, 0.3) is 10.9 Å². The number of nitrogens with one attached hydrogen (secondary N) is 2. The summed E-state index contributed by atoms with van der Waals surface area (Å²) >= 11 is 0. The fourth-order valence-corrected chi connectivity index (χ4v) is 4.32. The third kappa shape index (κ3) is 7.80. The SMILES string of the molecule is C[C@H](NC(=O)OCc1ccccc1)C(=O)n1cc(C[C@H](NC(=O)C[NH3+])C(=O)OCc2ccccc2)c2ccccc21. The van der Waals surface area contributed by atoms with Crippen LogP contribution in [-0.2, 0) is 38.7 Å². The fourth-order valence-electron chi connectivity index (χ4n) is 4.32. The number of benzene rings is 3. The number of amides is 2. The second-order valence-corrected chi connectivity index (χ2v) is 9.48. The van der Waals surface area contributed by atoms with E-state index >= 15 is 0 Å². The van der Waals surface area contributed by atoms with Crippen LogP contribution in [0.2, 0.25) is 0 Å². The van der Waals surface area contributed by atoms with Crippen LogP contribution < -0.4 is 16.4 Å². The van der Waals surface area contributed by atoms with Gasteiger partial charge in [-0.3, -0.25) is 14.2 Å². The summed E-state index contributed by atoms with van der Waals surface area (Å²) in [5, 5.41) is 5.99. The fraction of sp³-hybridized carbons (Fsp3) is 0.226. The molecule has 3 aromatic carbocycles. The van der Waals surface area contributed by atoms with Crippen LogP contribution >= 0.6 is 0 Å². The smallest absolute Gasteiger partial charge is 0.408 e. The largest absolute Gasteiger partial charge is 0.459 e. The molecule has 0 spiro atoms. The zero-order valence-corrected chi connectivity index (χ0v) is 22.7. The molecule has 0 fully saturated rings. The Morgan fingerprint density at radius 2 is 1.39 bits per heavy atom. The molecule has 2 atom stereocenters. The number of alkyl carbamates (subject to hydrolysis) is 1. The number of hydrogen-bond donors (Lipinski definition) is 3. The topological polar surface area (TPSA) is 143 Å². The van der Waals surface area contributed by atoms with Crippen molar-refractivity contribution >= 4 is 34.8 Å². The first kappa shape index (κ1) is 29.0. The summed E-state index contributed by atoms with van der Waals surface area (Å²) in [5.74, 6) is -1.40. The Kier molecular flexibility index (Phi) is 9.85. The van der Waals surface area contributed by atoms with Crippen molar-refractivity contribution in [2.45, 2.75) is 38.6 Å². The number of quaternary nitrogens is 1. The monoisotopic (exact) mass is 557 g/mol. The van der Waals surface area contributed by atoms with Crippen molar-refractivity contribution in [3.63, 3.8) is 0 Å². The second-order valence-electron chi connectivity index (χ2n) is 9.48. The lowest BCUT2D eigenvalue weighted by atomic mass is 10.0. The maximum Gasteiger partial charge on any atom is 0.408 e. The molecule has 0 aliphatic heterocycles. The lowest BCUT2D eigenvalue weighted by molar-refractivity contribution is -0.355. The van der Waals surface area contributed by atoms with Gasteiger partial charge in [-0.15, -0.1) is 0 Å². The summed E-state index contributed by atoms with van der Waals surface area (Å²) in [4.78, 5) is 51.0. The Morgan fingerprint density at radius 1 is 0.805 bits per heavy atom. The number of carbonyl (C=O) groups is 4. The highest BCUT2D eigenvalue weighted by atomic mass is 16.5. The quantitative estimate of drug-likeness (QED) is 0.242. The van der Waals surface area contributed by atoms with Crippen molar-refractivity contribution in [2.75, 3.05) is 6.54 Å². The number of esters is 1. The molecular weight excluding hydrogens is 524 g/mol. The zero-order valence-electron chi connectivity index (χ0n) is 22.7. The Morgan fingerprint density at radius 3 is 2.02 bits per heavy atom. The molecule has 0 aliphatic carbocycles. The van der Waals surface area contributed by atoms with E-state index in [1.54, 1.807) is 25.3 Å². The minimum atomic E-state index is -0.995. The van der Waals surface area contributed by atoms with Gasteiger partial charge in [0, 0.05) is 18.0 Å². The van der Waals surface area contributed by atoms with Crippen LogP contribution in [0.1, 0.15) is 28.4 Å². The van der Waals surface area contributed by atoms with Gasteiger partial charge in [-0.2, -0.15) is 0 Å². The Balaban J connectivity index is 1.49. The van der Waals surface area contributed by atoms with Crippen LogP contribution in [0.5, 0.6) is 0 Å². The molecule has 5 N–H and O–H groups in total. The van der Waals surface area contributed by atoms with Crippen LogP contribution in [0, 0.1) is 0 Å². The normalized spacial score (nSPS) is 12.2. The minimum Gasteiger partial charge on any atom is -0.459 e. The van der Waals surface area contributed by atoms with E-state index in [1.165, 1.54) is 4.57 Å². The van der Waals surface area contributed by atoms with Crippen molar-refractivity contribution in [3.05, 3.63) is 108 Å². The molecular formula is C31H33N4O6+. The highest BCUT2D eigenvalue weighted by Gasteiger charge is 2.27. The molecule has 0 aliphatic rings. The van der Waals surface area contributed by atoms with Gasteiger partial charge >= 0.3 is 12.1 Å². The average molecular weight is 558 g/mol. The number of nitrogens with zero attached hydrogens (tertiary/aromatic N) is 1. The molecule has 0 saturated carbocycles. The maximum atomic E-state index is 13.4. The first-order valence-electron chi connectivity index (χ1n) is 13.2. The Hall–Kier alpha value is -4.96. The van der Waals surface area contributed by atoms with Crippen LogP contribution in [-0.4, -0.2) is 47.1 Å².